The summed E-state index contributed by atoms with van der Waals surface area (Å²) < 4.78 is 0. The lowest BCUT2D eigenvalue weighted by molar-refractivity contribution is 0.508. The Bertz CT molecular complexity index is 615. The smallest absolute Gasteiger partial charge is 0.225 e. The number of rotatable bonds is 7. The molecule has 0 amide bonds. The molecule has 150 valence electrons. The normalized spacial score (nSPS) is 25.4. The van der Waals surface area contributed by atoms with Crippen molar-refractivity contribution in [1.29, 1.82) is 0 Å². The van der Waals surface area contributed by atoms with Crippen LogP contribution in [0.4, 0.5) is 11.8 Å². The van der Waals surface area contributed by atoms with Crippen molar-refractivity contribution < 1.29 is 0 Å². The maximum Gasteiger partial charge on any atom is 0.225 e. The predicted molar refractivity (Wildman–Crippen MR) is 116 cm³/mol. The molecular formula is C21H35N5S. The van der Waals surface area contributed by atoms with E-state index in [4.69, 9.17) is 9.97 Å². The Kier molecular flexibility index (Phi) is 6.77. The van der Waals surface area contributed by atoms with Crippen LogP contribution in [0.15, 0.2) is 0 Å². The van der Waals surface area contributed by atoms with Crippen molar-refractivity contribution in [3.05, 3.63) is 11.3 Å². The fraction of sp³-hybridized carbons (Fsp3) is 0.810. The van der Waals surface area contributed by atoms with Crippen LogP contribution in [-0.2, 0) is 12.8 Å². The van der Waals surface area contributed by atoms with Crippen LogP contribution in [0, 0.1) is 0 Å². The molecule has 3 aliphatic rings. The Morgan fingerprint density at radius 3 is 2.59 bits per heavy atom. The van der Waals surface area contributed by atoms with Crippen LogP contribution in [0.25, 0.3) is 0 Å². The van der Waals surface area contributed by atoms with E-state index in [1.165, 1.54) is 74.2 Å². The van der Waals surface area contributed by atoms with Gasteiger partial charge in [0.2, 0.25) is 5.95 Å². The topological polar surface area (TPSA) is 53.1 Å². The van der Waals surface area contributed by atoms with E-state index in [0.717, 1.165) is 38.4 Å². The summed E-state index contributed by atoms with van der Waals surface area (Å²) in [7, 11) is 0. The average molecular weight is 390 g/mol. The van der Waals surface area contributed by atoms with Crippen LogP contribution >= 0.6 is 11.8 Å². The molecule has 1 saturated carbocycles. The molecule has 1 aromatic heterocycles. The van der Waals surface area contributed by atoms with E-state index < -0.39 is 0 Å². The Labute approximate surface area is 168 Å². The Morgan fingerprint density at radius 1 is 0.963 bits per heavy atom. The third kappa shape index (κ3) is 4.70. The summed E-state index contributed by atoms with van der Waals surface area (Å²) in [6.45, 7) is 3.41. The third-order valence-corrected chi connectivity index (χ3v) is 6.97. The van der Waals surface area contributed by atoms with Crippen LogP contribution in [0.2, 0.25) is 0 Å². The van der Waals surface area contributed by atoms with Gasteiger partial charge in [0.15, 0.2) is 0 Å². The zero-order chi connectivity index (χ0) is 18.5. The summed E-state index contributed by atoms with van der Waals surface area (Å²) in [5.41, 5.74) is 2.74. The van der Waals surface area contributed by atoms with Crippen molar-refractivity contribution >= 4 is 23.5 Å². The molecule has 1 aromatic rings. The SMILES string of the molecule is CSCCNC1CCCC1Nc1nc2c(c(N3CCCCCC3)n1)CCC2. The molecule has 27 heavy (non-hydrogen) atoms. The van der Waals surface area contributed by atoms with Gasteiger partial charge in [0.1, 0.15) is 5.82 Å². The first-order valence-electron chi connectivity index (χ1n) is 11.0. The molecule has 1 aliphatic heterocycles. The number of fused-ring (bicyclic) bond motifs is 1. The van der Waals surface area contributed by atoms with Crippen LogP contribution in [-0.4, -0.2) is 53.7 Å². The predicted octanol–water partition coefficient (Wildman–Crippen LogP) is 3.63. The monoisotopic (exact) mass is 389 g/mol. The van der Waals surface area contributed by atoms with Crippen LogP contribution in [0.1, 0.15) is 62.6 Å². The molecule has 2 atom stereocenters. The minimum atomic E-state index is 0.461. The van der Waals surface area contributed by atoms with E-state index in [2.05, 4.69) is 21.8 Å². The highest BCUT2D eigenvalue weighted by Gasteiger charge is 2.29. The van der Waals surface area contributed by atoms with E-state index in [9.17, 15) is 0 Å². The third-order valence-electron chi connectivity index (χ3n) is 6.36. The van der Waals surface area contributed by atoms with Gasteiger partial charge in [0, 0.05) is 43.0 Å². The molecule has 0 radical (unpaired) electrons. The highest BCUT2D eigenvalue weighted by molar-refractivity contribution is 7.98. The molecule has 6 heteroatoms. The zero-order valence-corrected chi connectivity index (χ0v) is 17.6. The summed E-state index contributed by atoms with van der Waals surface area (Å²) in [6.07, 6.45) is 14.8. The summed E-state index contributed by atoms with van der Waals surface area (Å²) in [6, 6.07) is 1.01. The molecule has 0 aromatic carbocycles. The van der Waals surface area contributed by atoms with Gasteiger partial charge >= 0.3 is 0 Å². The summed E-state index contributed by atoms with van der Waals surface area (Å²) >= 11 is 1.91. The van der Waals surface area contributed by atoms with Crippen molar-refractivity contribution in [1.82, 2.24) is 15.3 Å². The van der Waals surface area contributed by atoms with Crippen molar-refractivity contribution in [3.63, 3.8) is 0 Å². The number of hydrogen-bond donors (Lipinski definition) is 2. The summed E-state index contributed by atoms with van der Waals surface area (Å²) in [5.74, 6) is 3.29. The first-order valence-corrected chi connectivity index (χ1v) is 12.4. The number of aromatic nitrogens is 2. The first-order chi connectivity index (χ1) is 13.3. The molecule has 4 rings (SSSR count). The molecular weight excluding hydrogens is 354 g/mol. The van der Waals surface area contributed by atoms with Gasteiger partial charge in [0.05, 0.1) is 5.69 Å². The Hall–Kier alpha value is -1.01. The number of anilines is 2. The average Bonchev–Trinajstić information content (AvgIpc) is 3.23. The number of hydrogen-bond acceptors (Lipinski definition) is 6. The lowest BCUT2D eigenvalue weighted by Gasteiger charge is -2.26. The summed E-state index contributed by atoms with van der Waals surface area (Å²) in [5, 5.41) is 7.47. The van der Waals surface area contributed by atoms with E-state index in [1.807, 2.05) is 11.8 Å². The van der Waals surface area contributed by atoms with Gasteiger partial charge in [0.25, 0.3) is 0 Å². The molecule has 0 spiro atoms. The van der Waals surface area contributed by atoms with Crippen molar-refractivity contribution in [3.8, 4) is 0 Å². The van der Waals surface area contributed by atoms with E-state index in [-0.39, 0.29) is 0 Å². The first kappa shape index (κ1) is 19.3. The fourth-order valence-electron chi connectivity index (χ4n) is 4.91. The molecule has 1 saturated heterocycles. The van der Waals surface area contributed by atoms with Gasteiger partial charge in [-0.3, -0.25) is 0 Å². The van der Waals surface area contributed by atoms with E-state index in [0.29, 0.717) is 12.1 Å². The molecule has 0 bridgehead atoms. The lowest BCUT2D eigenvalue weighted by Crippen LogP contribution is -2.41. The zero-order valence-electron chi connectivity index (χ0n) is 16.8. The van der Waals surface area contributed by atoms with Crippen molar-refractivity contribution in [2.75, 3.05) is 41.9 Å². The Balaban J connectivity index is 1.50. The highest BCUT2D eigenvalue weighted by Crippen LogP contribution is 2.32. The van der Waals surface area contributed by atoms with Crippen LogP contribution in [0.3, 0.4) is 0 Å². The second-order valence-corrected chi connectivity index (χ2v) is 9.27. The number of thioether (sulfide) groups is 1. The Morgan fingerprint density at radius 2 is 1.78 bits per heavy atom. The van der Waals surface area contributed by atoms with Gasteiger partial charge in [-0.15, -0.1) is 0 Å². The summed E-state index contributed by atoms with van der Waals surface area (Å²) in [4.78, 5) is 12.6. The number of nitrogens with zero attached hydrogens (tertiary/aromatic N) is 3. The fourth-order valence-corrected chi connectivity index (χ4v) is 5.23. The quantitative estimate of drug-likeness (QED) is 0.695. The van der Waals surface area contributed by atoms with Gasteiger partial charge < -0.3 is 15.5 Å². The van der Waals surface area contributed by atoms with Crippen LogP contribution in [0.5, 0.6) is 0 Å². The number of nitrogens with one attached hydrogen (secondary N) is 2. The standard InChI is InChI=1S/C21H35N5S/c1-27-15-12-22-18-10-7-11-19(18)24-21-23-17-9-6-8-16(17)20(25-21)26-13-4-2-3-5-14-26/h18-19,22H,2-15H2,1H3,(H,23,24,25). The van der Waals surface area contributed by atoms with E-state index >= 15 is 0 Å². The van der Waals surface area contributed by atoms with Gasteiger partial charge in [-0.2, -0.15) is 16.7 Å². The molecule has 2 fully saturated rings. The number of aryl methyl sites for hydroxylation is 1. The maximum absolute atomic E-state index is 5.08. The molecule has 2 unspecified atom stereocenters. The highest BCUT2D eigenvalue weighted by atomic mass is 32.2. The van der Waals surface area contributed by atoms with Gasteiger partial charge in [-0.1, -0.05) is 12.8 Å². The van der Waals surface area contributed by atoms with Crippen molar-refractivity contribution in [2.24, 2.45) is 0 Å². The van der Waals surface area contributed by atoms with Crippen molar-refractivity contribution in [2.45, 2.75) is 76.3 Å². The maximum atomic E-state index is 5.08. The second-order valence-electron chi connectivity index (χ2n) is 8.29. The molecule has 2 heterocycles. The largest absolute Gasteiger partial charge is 0.356 e. The second kappa shape index (κ2) is 9.46. The van der Waals surface area contributed by atoms with Crippen LogP contribution < -0.4 is 15.5 Å². The minimum Gasteiger partial charge on any atom is -0.356 e. The van der Waals surface area contributed by atoms with Gasteiger partial charge in [-0.05, 0) is 57.6 Å². The lowest BCUT2D eigenvalue weighted by atomic mass is 10.1. The van der Waals surface area contributed by atoms with E-state index in [1.54, 1.807) is 0 Å². The molecule has 2 aliphatic carbocycles. The minimum absolute atomic E-state index is 0.461. The molecule has 2 N–H and O–H groups in total. The molecule has 5 nitrogen and oxygen atoms in total. The van der Waals surface area contributed by atoms with Gasteiger partial charge in [-0.25, -0.2) is 4.98 Å².